The van der Waals surface area contributed by atoms with E-state index in [2.05, 4.69) is 4.98 Å². The van der Waals surface area contributed by atoms with Crippen molar-refractivity contribution in [3.8, 4) is 11.3 Å². The molecule has 2 aromatic rings. The zero-order chi connectivity index (χ0) is 14.0. The largest absolute Gasteiger partial charge is 0.370 e. The monoisotopic (exact) mass is 282 g/mol. The summed E-state index contributed by atoms with van der Waals surface area (Å²) in [6, 6.07) is 2.50. The van der Waals surface area contributed by atoms with E-state index in [4.69, 9.17) is 0 Å². The Kier molecular flexibility index (Phi) is 4.14. The molecule has 0 unspecified atom stereocenters. The predicted molar refractivity (Wildman–Crippen MR) is 75.8 cm³/mol. The molecule has 19 heavy (non-hydrogen) atoms. The third kappa shape index (κ3) is 2.61. The van der Waals surface area contributed by atoms with Crippen LogP contribution in [-0.2, 0) is 0 Å². The lowest BCUT2D eigenvalue weighted by atomic mass is 10.1. The molecule has 0 aliphatic heterocycles. The lowest BCUT2D eigenvalue weighted by Crippen LogP contribution is -2.23. The van der Waals surface area contributed by atoms with Crippen LogP contribution < -0.4 is 4.90 Å². The number of halogens is 2. The molecule has 0 saturated carbocycles. The van der Waals surface area contributed by atoms with E-state index in [0.717, 1.165) is 4.88 Å². The standard InChI is InChI=1S/C14H16F2N2S/c1-4-18(5-2)13-7-11(15)10(6-12(13)16)14-9(3)19-8-17-14/h6-8H,4-5H2,1-3H3. The average molecular weight is 282 g/mol. The highest BCUT2D eigenvalue weighted by Gasteiger charge is 2.17. The van der Waals surface area contributed by atoms with Crippen LogP contribution in [0.1, 0.15) is 18.7 Å². The van der Waals surface area contributed by atoms with Gasteiger partial charge in [-0.15, -0.1) is 11.3 Å². The molecular formula is C14H16F2N2S. The molecule has 5 heteroatoms. The minimum Gasteiger partial charge on any atom is -0.370 e. The molecule has 0 bridgehead atoms. The molecule has 2 nitrogen and oxygen atoms in total. The van der Waals surface area contributed by atoms with E-state index in [1.807, 2.05) is 20.8 Å². The molecule has 0 amide bonds. The Morgan fingerprint density at radius 2 is 1.84 bits per heavy atom. The molecule has 0 saturated heterocycles. The first kappa shape index (κ1) is 13.9. The van der Waals surface area contributed by atoms with E-state index >= 15 is 0 Å². The van der Waals surface area contributed by atoms with E-state index < -0.39 is 11.6 Å². The summed E-state index contributed by atoms with van der Waals surface area (Å²) >= 11 is 1.42. The maximum atomic E-state index is 14.2. The van der Waals surface area contributed by atoms with E-state index in [1.54, 1.807) is 10.4 Å². The van der Waals surface area contributed by atoms with Crippen LogP contribution in [0.5, 0.6) is 0 Å². The number of anilines is 1. The van der Waals surface area contributed by atoms with Gasteiger partial charge in [-0.2, -0.15) is 0 Å². The fraction of sp³-hybridized carbons (Fsp3) is 0.357. The highest BCUT2D eigenvalue weighted by Crippen LogP contribution is 2.31. The summed E-state index contributed by atoms with van der Waals surface area (Å²) < 4.78 is 28.3. The van der Waals surface area contributed by atoms with Gasteiger partial charge in [0.2, 0.25) is 0 Å². The van der Waals surface area contributed by atoms with Crippen molar-refractivity contribution >= 4 is 17.0 Å². The molecular weight excluding hydrogens is 266 g/mol. The first-order valence-electron chi connectivity index (χ1n) is 6.22. The van der Waals surface area contributed by atoms with Crippen molar-refractivity contribution < 1.29 is 8.78 Å². The lowest BCUT2D eigenvalue weighted by Gasteiger charge is -2.22. The van der Waals surface area contributed by atoms with E-state index in [9.17, 15) is 8.78 Å². The van der Waals surface area contributed by atoms with Gasteiger partial charge >= 0.3 is 0 Å². The molecule has 0 atom stereocenters. The minimum atomic E-state index is -0.433. The normalized spacial score (nSPS) is 10.8. The number of thiazole rings is 1. The molecule has 0 spiro atoms. The lowest BCUT2D eigenvalue weighted by molar-refractivity contribution is 0.597. The van der Waals surface area contributed by atoms with Gasteiger partial charge in [0.15, 0.2) is 0 Å². The van der Waals surface area contributed by atoms with Crippen molar-refractivity contribution in [1.82, 2.24) is 4.98 Å². The fourth-order valence-corrected chi connectivity index (χ4v) is 2.68. The number of hydrogen-bond donors (Lipinski definition) is 0. The van der Waals surface area contributed by atoms with Crippen LogP contribution in [0.4, 0.5) is 14.5 Å². The smallest absolute Gasteiger partial charge is 0.147 e. The van der Waals surface area contributed by atoms with Crippen molar-refractivity contribution in [2.24, 2.45) is 0 Å². The molecule has 2 rings (SSSR count). The Morgan fingerprint density at radius 3 is 2.37 bits per heavy atom. The zero-order valence-corrected chi connectivity index (χ0v) is 12.0. The van der Waals surface area contributed by atoms with Gasteiger partial charge in [-0.1, -0.05) is 0 Å². The Morgan fingerprint density at radius 1 is 1.16 bits per heavy atom. The van der Waals surface area contributed by atoms with Crippen molar-refractivity contribution in [3.05, 3.63) is 34.2 Å². The number of rotatable bonds is 4. The van der Waals surface area contributed by atoms with Crippen molar-refractivity contribution in [1.29, 1.82) is 0 Å². The SMILES string of the molecule is CCN(CC)c1cc(F)c(-c2ncsc2C)cc1F. The van der Waals surface area contributed by atoms with Crippen LogP contribution in [0, 0.1) is 18.6 Å². The summed E-state index contributed by atoms with van der Waals surface area (Å²) in [6.45, 7) is 6.96. The maximum Gasteiger partial charge on any atom is 0.147 e. The highest BCUT2D eigenvalue weighted by atomic mass is 32.1. The minimum absolute atomic E-state index is 0.229. The molecule has 1 aromatic carbocycles. The van der Waals surface area contributed by atoms with Gasteiger partial charge in [0.05, 0.1) is 16.9 Å². The quantitative estimate of drug-likeness (QED) is 0.833. The second-order valence-corrected chi connectivity index (χ2v) is 5.27. The zero-order valence-electron chi connectivity index (χ0n) is 11.2. The number of aromatic nitrogens is 1. The summed E-state index contributed by atoms with van der Waals surface area (Å²) in [5, 5.41) is 0. The van der Waals surface area contributed by atoms with Gasteiger partial charge in [-0.25, -0.2) is 13.8 Å². The number of benzene rings is 1. The van der Waals surface area contributed by atoms with E-state index in [-0.39, 0.29) is 5.56 Å². The molecule has 0 N–H and O–H groups in total. The van der Waals surface area contributed by atoms with Gasteiger partial charge in [0.1, 0.15) is 11.6 Å². The Hall–Kier alpha value is -1.49. The van der Waals surface area contributed by atoms with Crippen LogP contribution in [0.25, 0.3) is 11.3 Å². The number of nitrogens with zero attached hydrogens (tertiary/aromatic N) is 2. The van der Waals surface area contributed by atoms with Gasteiger partial charge in [0, 0.05) is 29.6 Å². The highest BCUT2D eigenvalue weighted by molar-refractivity contribution is 7.10. The topological polar surface area (TPSA) is 16.1 Å². The van der Waals surface area contributed by atoms with Crippen LogP contribution in [-0.4, -0.2) is 18.1 Å². The molecule has 102 valence electrons. The Labute approximate surface area is 115 Å². The Balaban J connectivity index is 2.51. The maximum absolute atomic E-state index is 14.2. The Bertz CT molecular complexity index is 577. The third-order valence-corrected chi connectivity index (χ3v) is 3.90. The van der Waals surface area contributed by atoms with Crippen LogP contribution >= 0.6 is 11.3 Å². The number of aryl methyl sites for hydroxylation is 1. The van der Waals surface area contributed by atoms with Crippen LogP contribution in [0.15, 0.2) is 17.6 Å². The van der Waals surface area contributed by atoms with Crippen LogP contribution in [0.3, 0.4) is 0 Å². The summed E-state index contributed by atoms with van der Waals surface area (Å²) in [5.74, 6) is -0.843. The van der Waals surface area contributed by atoms with Crippen molar-refractivity contribution in [2.45, 2.75) is 20.8 Å². The molecule has 0 fully saturated rings. The van der Waals surface area contributed by atoms with Crippen molar-refractivity contribution in [2.75, 3.05) is 18.0 Å². The summed E-state index contributed by atoms with van der Waals surface area (Å²) in [6.07, 6.45) is 0. The van der Waals surface area contributed by atoms with E-state index in [0.29, 0.717) is 24.5 Å². The second kappa shape index (κ2) is 5.65. The van der Waals surface area contributed by atoms with Crippen molar-refractivity contribution in [3.63, 3.8) is 0 Å². The first-order chi connectivity index (χ1) is 9.08. The van der Waals surface area contributed by atoms with E-state index in [1.165, 1.54) is 23.5 Å². The van der Waals surface area contributed by atoms with Crippen LogP contribution in [0.2, 0.25) is 0 Å². The molecule has 1 aromatic heterocycles. The second-order valence-electron chi connectivity index (χ2n) is 4.21. The molecule has 0 aliphatic carbocycles. The third-order valence-electron chi connectivity index (χ3n) is 3.14. The van der Waals surface area contributed by atoms with Gasteiger partial charge in [-0.05, 0) is 26.8 Å². The summed E-state index contributed by atoms with van der Waals surface area (Å²) in [5.41, 5.74) is 2.69. The fourth-order valence-electron chi connectivity index (χ4n) is 2.09. The van der Waals surface area contributed by atoms with Gasteiger partial charge in [0.25, 0.3) is 0 Å². The summed E-state index contributed by atoms with van der Waals surface area (Å²) in [7, 11) is 0. The molecule has 0 radical (unpaired) electrons. The molecule has 0 aliphatic rings. The molecule has 1 heterocycles. The van der Waals surface area contributed by atoms with Gasteiger partial charge in [-0.3, -0.25) is 0 Å². The number of hydrogen-bond acceptors (Lipinski definition) is 3. The summed E-state index contributed by atoms with van der Waals surface area (Å²) in [4.78, 5) is 6.77. The predicted octanol–water partition coefficient (Wildman–Crippen LogP) is 4.24. The average Bonchev–Trinajstić information content (AvgIpc) is 2.81. The van der Waals surface area contributed by atoms with Gasteiger partial charge < -0.3 is 4.90 Å². The first-order valence-corrected chi connectivity index (χ1v) is 7.10.